The summed E-state index contributed by atoms with van der Waals surface area (Å²) in [7, 11) is 0. The van der Waals surface area contributed by atoms with Gasteiger partial charge in [-0.3, -0.25) is 0 Å². The summed E-state index contributed by atoms with van der Waals surface area (Å²) in [6.45, 7) is -0.0842. The normalized spacial score (nSPS) is 9.90. The van der Waals surface area contributed by atoms with Gasteiger partial charge in [-0.2, -0.15) is 0 Å². The van der Waals surface area contributed by atoms with Gasteiger partial charge in [0.25, 0.3) is 0 Å². The molecule has 0 atom stereocenters. The van der Waals surface area contributed by atoms with Crippen molar-refractivity contribution in [3.8, 4) is 0 Å². The molecule has 0 aliphatic rings. The standard InChI is InChI=1S/C6H5BrClNO/c7-4-1-5(3-10)9-6(8)2-4/h1-2,10H,3H2. The van der Waals surface area contributed by atoms with Crippen molar-refractivity contribution >= 4 is 27.5 Å². The number of pyridine rings is 1. The Kier molecular flexibility index (Phi) is 2.65. The molecule has 4 heteroatoms. The number of aliphatic hydroxyl groups excluding tert-OH is 1. The second-order valence-corrected chi connectivity index (χ2v) is 3.06. The molecule has 0 unspecified atom stereocenters. The molecule has 1 rings (SSSR count). The van der Waals surface area contributed by atoms with Gasteiger partial charge >= 0.3 is 0 Å². The highest BCUT2D eigenvalue weighted by atomic mass is 79.9. The Morgan fingerprint density at radius 1 is 1.60 bits per heavy atom. The van der Waals surface area contributed by atoms with Crippen LogP contribution in [-0.2, 0) is 6.61 Å². The number of rotatable bonds is 1. The van der Waals surface area contributed by atoms with Crippen molar-refractivity contribution < 1.29 is 5.11 Å². The zero-order valence-corrected chi connectivity index (χ0v) is 7.35. The molecule has 54 valence electrons. The van der Waals surface area contributed by atoms with E-state index in [1.807, 2.05) is 0 Å². The fourth-order valence-electron chi connectivity index (χ4n) is 0.597. The molecule has 1 aromatic heterocycles. The van der Waals surface area contributed by atoms with E-state index in [2.05, 4.69) is 20.9 Å². The van der Waals surface area contributed by atoms with Gasteiger partial charge < -0.3 is 5.11 Å². The molecule has 10 heavy (non-hydrogen) atoms. The predicted molar refractivity (Wildman–Crippen MR) is 42.9 cm³/mol. The Morgan fingerprint density at radius 2 is 2.30 bits per heavy atom. The largest absolute Gasteiger partial charge is 0.390 e. The van der Waals surface area contributed by atoms with Crippen molar-refractivity contribution in [3.63, 3.8) is 0 Å². The van der Waals surface area contributed by atoms with Crippen LogP contribution in [0.1, 0.15) is 5.69 Å². The second-order valence-electron chi connectivity index (χ2n) is 1.76. The van der Waals surface area contributed by atoms with Crippen LogP contribution in [0, 0.1) is 0 Å². The summed E-state index contributed by atoms with van der Waals surface area (Å²) >= 11 is 8.79. The third-order valence-electron chi connectivity index (χ3n) is 0.974. The summed E-state index contributed by atoms with van der Waals surface area (Å²) in [4.78, 5) is 3.84. The minimum atomic E-state index is -0.0842. The highest BCUT2D eigenvalue weighted by molar-refractivity contribution is 9.10. The van der Waals surface area contributed by atoms with Crippen molar-refractivity contribution in [1.29, 1.82) is 0 Å². The van der Waals surface area contributed by atoms with Crippen LogP contribution < -0.4 is 0 Å². The maximum absolute atomic E-state index is 8.64. The molecule has 2 nitrogen and oxygen atoms in total. The Labute approximate surface area is 72.0 Å². The van der Waals surface area contributed by atoms with Gasteiger partial charge in [0.05, 0.1) is 12.3 Å². The van der Waals surface area contributed by atoms with Gasteiger partial charge in [-0.05, 0) is 12.1 Å². The van der Waals surface area contributed by atoms with Gasteiger partial charge in [-0.15, -0.1) is 0 Å². The highest BCUT2D eigenvalue weighted by Crippen LogP contribution is 2.15. The van der Waals surface area contributed by atoms with E-state index in [0.717, 1.165) is 4.47 Å². The van der Waals surface area contributed by atoms with Gasteiger partial charge in [0, 0.05) is 4.47 Å². The summed E-state index contributed by atoms with van der Waals surface area (Å²) < 4.78 is 0.830. The van der Waals surface area contributed by atoms with E-state index in [9.17, 15) is 0 Å². The lowest BCUT2D eigenvalue weighted by Crippen LogP contribution is -1.88. The first-order valence-electron chi connectivity index (χ1n) is 2.65. The van der Waals surface area contributed by atoms with Crippen LogP contribution in [0.15, 0.2) is 16.6 Å². The van der Waals surface area contributed by atoms with Crippen LogP contribution in [0.4, 0.5) is 0 Å². The average Bonchev–Trinajstić information content (AvgIpc) is 1.85. The average molecular weight is 222 g/mol. The molecular formula is C6H5BrClNO. The van der Waals surface area contributed by atoms with E-state index in [-0.39, 0.29) is 6.61 Å². The molecule has 1 aromatic rings. The molecule has 1 N–H and O–H groups in total. The SMILES string of the molecule is OCc1cc(Br)cc(Cl)n1. The fraction of sp³-hybridized carbons (Fsp3) is 0.167. The van der Waals surface area contributed by atoms with E-state index in [1.165, 1.54) is 0 Å². The van der Waals surface area contributed by atoms with Crippen LogP contribution >= 0.6 is 27.5 Å². The summed E-state index contributed by atoms with van der Waals surface area (Å²) in [6.07, 6.45) is 0. The van der Waals surface area contributed by atoms with Crippen LogP contribution in [0.5, 0.6) is 0 Å². The van der Waals surface area contributed by atoms with Crippen molar-refractivity contribution in [3.05, 3.63) is 27.5 Å². The number of aromatic nitrogens is 1. The number of aliphatic hydroxyl groups is 1. The third-order valence-corrected chi connectivity index (χ3v) is 1.63. The fourth-order valence-corrected chi connectivity index (χ4v) is 1.44. The molecule has 0 aromatic carbocycles. The smallest absolute Gasteiger partial charge is 0.130 e. The Bertz CT molecular complexity index is 221. The molecular weight excluding hydrogens is 217 g/mol. The van der Waals surface area contributed by atoms with Crippen LogP contribution in [0.3, 0.4) is 0 Å². The molecule has 0 aliphatic carbocycles. The number of hydrogen-bond acceptors (Lipinski definition) is 2. The maximum atomic E-state index is 8.64. The van der Waals surface area contributed by atoms with Gasteiger partial charge in [-0.1, -0.05) is 27.5 Å². The van der Waals surface area contributed by atoms with E-state index in [1.54, 1.807) is 12.1 Å². The van der Waals surface area contributed by atoms with E-state index in [0.29, 0.717) is 10.8 Å². The lowest BCUT2D eigenvalue weighted by Gasteiger charge is -1.96. The number of nitrogens with zero attached hydrogens (tertiary/aromatic N) is 1. The zero-order valence-electron chi connectivity index (χ0n) is 5.01. The topological polar surface area (TPSA) is 33.1 Å². The third kappa shape index (κ3) is 1.94. The summed E-state index contributed by atoms with van der Waals surface area (Å²) in [5, 5.41) is 9.03. The van der Waals surface area contributed by atoms with E-state index >= 15 is 0 Å². The first-order valence-corrected chi connectivity index (χ1v) is 3.82. The lowest BCUT2D eigenvalue weighted by atomic mass is 10.4. The Balaban J connectivity index is 3.06. The van der Waals surface area contributed by atoms with Gasteiger partial charge in [-0.25, -0.2) is 4.98 Å². The maximum Gasteiger partial charge on any atom is 0.130 e. The summed E-state index contributed by atoms with van der Waals surface area (Å²) in [5.74, 6) is 0. The first-order chi connectivity index (χ1) is 4.72. The van der Waals surface area contributed by atoms with Crippen LogP contribution in [0.2, 0.25) is 5.15 Å². The van der Waals surface area contributed by atoms with Gasteiger partial charge in [0.15, 0.2) is 0 Å². The summed E-state index contributed by atoms with van der Waals surface area (Å²) in [5.41, 5.74) is 0.569. The molecule has 1 heterocycles. The molecule has 0 fully saturated rings. The molecule has 0 saturated heterocycles. The van der Waals surface area contributed by atoms with Crippen molar-refractivity contribution in [2.45, 2.75) is 6.61 Å². The number of hydrogen-bond donors (Lipinski definition) is 1. The van der Waals surface area contributed by atoms with Gasteiger partial charge in [0.1, 0.15) is 5.15 Å². The lowest BCUT2D eigenvalue weighted by molar-refractivity contribution is 0.277. The van der Waals surface area contributed by atoms with Crippen LogP contribution in [-0.4, -0.2) is 10.1 Å². The molecule has 0 radical (unpaired) electrons. The summed E-state index contributed by atoms with van der Waals surface area (Å²) in [6, 6.07) is 3.38. The predicted octanol–water partition coefficient (Wildman–Crippen LogP) is 1.99. The second kappa shape index (κ2) is 3.32. The zero-order chi connectivity index (χ0) is 7.56. The Morgan fingerprint density at radius 3 is 2.80 bits per heavy atom. The van der Waals surface area contributed by atoms with Crippen LogP contribution in [0.25, 0.3) is 0 Å². The highest BCUT2D eigenvalue weighted by Gasteiger charge is 1.96. The molecule has 0 amide bonds. The van der Waals surface area contributed by atoms with Crippen molar-refractivity contribution in [2.24, 2.45) is 0 Å². The number of halogens is 2. The van der Waals surface area contributed by atoms with Crippen molar-refractivity contribution in [2.75, 3.05) is 0 Å². The quantitative estimate of drug-likeness (QED) is 0.737. The molecule has 0 aliphatic heterocycles. The molecule has 0 saturated carbocycles. The Hall–Kier alpha value is -0.120. The minimum absolute atomic E-state index is 0.0842. The van der Waals surface area contributed by atoms with Gasteiger partial charge in [0.2, 0.25) is 0 Å². The monoisotopic (exact) mass is 221 g/mol. The molecule has 0 bridgehead atoms. The molecule has 0 spiro atoms. The van der Waals surface area contributed by atoms with Crippen molar-refractivity contribution in [1.82, 2.24) is 4.98 Å². The minimum Gasteiger partial charge on any atom is -0.390 e. The van der Waals surface area contributed by atoms with E-state index in [4.69, 9.17) is 16.7 Å². The first kappa shape index (κ1) is 7.98. The van der Waals surface area contributed by atoms with E-state index < -0.39 is 0 Å².